The number of carbonyl (C=O) groups is 12. The van der Waals surface area contributed by atoms with Crippen LogP contribution in [0, 0.1) is 0 Å². The highest BCUT2D eigenvalue weighted by Crippen LogP contribution is 2.32. The lowest BCUT2D eigenvalue weighted by molar-refractivity contribution is -0.153. The third-order valence-electron chi connectivity index (χ3n) is 22.1. The molecule has 0 saturated carbocycles. The number of likely N-dealkylation sites (tertiary alicyclic amines) is 4. The summed E-state index contributed by atoms with van der Waals surface area (Å²) in [7, 11) is 5.40. The molecule has 7 aliphatic rings. The number of hydrogen-bond donors (Lipinski definition) is 10. The molecule has 7 heterocycles. The van der Waals surface area contributed by atoms with Gasteiger partial charge in [0, 0.05) is 38.8 Å². The van der Waals surface area contributed by atoms with Gasteiger partial charge in [-0.3, -0.25) is 62.5 Å². The van der Waals surface area contributed by atoms with Gasteiger partial charge in [-0.2, -0.15) is 12.6 Å². The summed E-state index contributed by atoms with van der Waals surface area (Å²) in [6.45, 7) is 39.8. The standard InChI is InChI=1S/C21H30N2O4S.2C13H24N2O3.C12H22N2O3.C9H18N2O.C9H16N2O.C8H16N2O/c1-4-27-18(24)14-23-20(26)16(11-8-12-21(23,2)3)22-19(25)17(28)13-15-9-6-5-7-10-15;2*1-5-18-11(16)9-15-12(17)10(14-4)7-6-8-13(15,2)3;1-4-17-10(15)8-14-11(16)9(13)6-5-7-12(14,2)3;2*1-9(2)6-4-5-7(10-3)8(12)11-9;1-8(2)5-3-4-6(9)7(11)10-8/h5-7,9-10,16-17,28H,4,8,11-14H2,1-3H3,(H,22,25);2*10,14H,5-9H2,1-4H3;9H,4-8,13H2,1-3H3;7,10H,4-6H2,1-3H3,(H,11,12);7H,3-6H2,1-2H3,(H,11,12);6H,3-5,9H2,1-2H3,(H,10,11)/t16-,17-;2*10-;9-;2*7-;6-/m0000000/s1. The van der Waals surface area contributed by atoms with E-state index in [1.54, 1.807) is 56.5 Å². The Morgan fingerprint density at radius 1 is 0.440 bits per heavy atom. The van der Waals surface area contributed by atoms with Crippen molar-refractivity contribution in [1.29, 1.82) is 0 Å². The van der Waals surface area contributed by atoms with Gasteiger partial charge in [0.1, 0.15) is 38.3 Å². The summed E-state index contributed by atoms with van der Waals surface area (Å²) in [4.78, 5) is 154. The predicted octanol–water partition coefficient (Wildman–Crippen LogP) is 7.07. The summed E-state index contributed by atoms with van der Waals surface area (Å²) in [6.07, 6.45) is 19.3. The minimum atomic E-state index is -0.658. The average molecular weight is 1660 g/mol. The number of nitrogens with one attached hydrogen (secondary N) is 7. The molecule has 0 aromatic heterocycles. The van der Waals surface area contributed by atoms with Crippen LogP contribution in [0.15, 0.2) is 35.3 Å². The van der Waals surface area contributed by atoms with Crippen LogP contribution in [0.3, 0.4) is 0 Å². The summed E-state index contributed by atoms with van der Waals surface area (Å²) in [5, 5.41) is 20.2. The van der Waals surface area contributed by atoms with Crippen LogP contribution in [0.4, 0.5) is 0 Å². The van der Waals surface area contributed by atoms with Crippen LogP contribution in [0.2, 0.25) is 0 Å². The van der Waals surface area contributed by atoms with E-state index in [0.717, 1.165) is 128 Å². The third kappa shape index (κ3) is 36.5. The summed E-state index contributed by atoms with van der Waals surface area (Å²) >= 11 is 4.42. The second-order valence-electron chi connectivity index (χ2n) is 35.2. The largest absolute Gasteiger partial charge is 0.465 e. The van der Waals surface area contributed by atoms with Crippen molar-refractivity contribution < 1.29 is 76.5 Å². The number of esters is 4. The van der Waals surface area contributed by atoms with Crippen molar-refractivity contribution in [2.24, 2.45) is 16.5 Å². The zero-order valence-corrected chi connectivity index (χ0v) is 75.2. The molecule has 1 aromatic carbocycles. The summed E-state index contributed by atoms with van der Waals surface area (Å²) in [5.41, 5.74) is 10.8. The maximum Gasteiger partial charge on any atom is 0.325 e. The zero-order chi connectivity index (χ0) is 88.2. The molecule has 31 heteroatoms. The molecule has 0 aliphatic carbocycles. The normalized spacial score (nSPS) is 24.7. The maximum atomic E-state index is 13.1. The molecule has 8 amide bonds. The minimum Gasteiger partial charge on any atom is -0.465 e. The summed E-state index contributed by atoms with van der Waals surface area (Å²) in [6, 6.07) is 7.57. The first-order chi connectivity index (χ1) is 54.1. The Morgan fingerprint density at radius 2 is 0.741 bits per heavy atom. The van der Waals surface area contributed by atoms with Crippen molar-refractivity contribution in [1.82, 2.24) is 56.8 Å². The Balaban J connectivity index is 0.000000470. The molecule has 1 aromatic rings. The maximum absolute atomic E-state index is 13.1. The molecule has 0 unspecified atom stereocenters. The number of nitrogens with two attached hydrogens (primary N) is 2. The number of thiol groups is 1. The predicted molar refractivity (Wildman–Crippen MR) is 456 cm³/mol. The fourth-order valence-corrected chi connectivity index (χ4v) is 15.2. The highest BCUT2D eigenvalue weighted by molar-refractivity contribution is 7.81. The molecule has 8 atom stereocenters. The van der Waals surface area contributed by atoms with E-state index >= 15 is 0 Å². The van der Waals surface area contributed by atoms with Crippen molar-refractivity contribution >= 4 is 90.5 Å². The fourth-order valence-electron chi connectivity index (χ4n) is 14.9. The lowest BCUT2D eigenvalue weighted by Crippen LogP contribution is -2.56. The molecule has 0 radical (unpaired) electrons. The van der Waals surface area contributed by atoms with Crippen LogP contribution in [-0.2, 0) is 82.9 Å². The molecule has 662 valence electrons. The average Bonchev–Trinajstić information content (AvgIpc) is 1.58. The van der Waals surface area contributed by atoms with Crippen LogP contribution >= 0.6 is 12.6 Å². The molecular formula is C85H150N14O16S. The Hall–Kier alpha value is -7.32. The number of ether oxygens (including phenoxy) is 4. The van der Waals surface area contributed by atoms with Gasteiger partial charge in [0.15, 0.2) is 0 Å². The molecule has 116 heavy (non-hydrogen) atoms. The Kier molecular flexibility index (Phi) is 45.1. The van der Waals surface area contributed by atoms with Gasteiger partial charge in [0.05, 0.1) is 61.9 Å². The van der Waals surface area contributed by atoms with Crippen molar-refractivity contribution in [3.05, 3.63) is 35.9 Å². The van der Waals surface area contributed by atoms with Gasteiger partial charge in [0.2, 0.25) is 47.3 Å². The third-order valence-corrected chi connectivity index (χ3v) is 22.5. The summed E-state index contributed by atoms with van der Waals surface area (Å²) in [5.74, 6) is -2.02. The quantitative estimate of drug-likeness (QED) is 0.0270. The molecule has 0 bridgehead atoms. The number of amides is 8. The van der Waals surface area contributed by atoms with Gasteiger partial charge in [-0.25, -0.2) is 0 Å². The number of likely N-dealkylation sites (N-methyl/N-ethyl adjacent to an activating group) is 3. The van der Waals surface area contributed by atoms with E-state index in [1.807, 2.05) is 120 Å². The highest BCUT2D eigenvalue weighted by atomic mass is 32.1. The Labute approximate surface area is 698 Å². The van der Waals surface area contributed by atoms with Crippen LogP contribution < -0.4 is 48.7 Å². The summed E-state index contributed by atoms with van der Waals surface area (Å²) < 4.78 is 19.8. The SMILES string of the molecule is C=N[C@H]1CCCC(C)(C)NC1=O.CC1(C)CCC[C@H](N)C(=O)N1.CCOC(=O)CN1C(=O)[C@@H](N)CCCC1(C)C.CCOC(=O)CN1C(=O)[C@@H](NC(=O)[C@@H](S)Cc2ccccc2)CCCC1(C)C.CCOC(=O)CN1C(=O)[C@@H](NC)CCCC1(C)C.CCOC(=O)CN1C(=O)[C@@H](NC)CCCC1(C)C.CN[C@H]1CCCC(C)(C)NC1=O. The number of carbonyl (C=O) groups excluding carboxylic acids is 12. The van der Waals surface area contributed by atoms with E-state index in [-0.39, 0.29) is 161 Å². The van der Waals surface area contributed by atoms with E-state index in [0.29, 0.717) is 39.1 Å². The van der Waals surface area contributed by atoms with E-state index in [4.69, 9.17) is 30.4 Å². The second-order valence-corrected chi connectivity index (χ2v) is 35.9. The van der Waals surface area contributed by atoms with Gasteiger partial charge in [-0.1, -0.05) is 30.3 Å². The van der Waals surface area contributed by atoms with Gasteiger partial charge < -0.3 is 87.2 Å². The highest BCUT2D eigenvalue weighted by Gasteiger charge is 2.44. The van der Waals surface area contributed by atoms with Gasteiger partial charge in [-0.05, 0) is 299 Å². The molecule has 30 nitrogen and oxygen atoms in total. The van der Waals surface area contributed by atoms with Crippen LogP contribution in [0.25, 0.3) is 0 Å². The van der Waals surface area contributed by atoms with E-state index < -0.39 is 28.8 Å². The molecule has 11 N–H and O–H groups in total. The van der Waals surface area contributed by atoms with Gasteiger partial charge >= 0.3 is 23.9 Å². The molecule has 7 saturated heterocycles. The van der Waals surface area contributed by atoms with Gasteiger partial charge in [-0.15, -0.1) is 0 Å². The number of rotatable bonds is 20. The van der Waals surface area contributed by atoms with Gasteiger partial charge in [0.25, 0.3) is 0 Å². The number of hydrogen-bond acceptors (Lipinski definition) is 23. The van der Waals surface area contributed by atoms with Crippen molar-refractivity contribution in [2.75, 3.05) is 73.7 Å². The number of nitrogens with zero attached hydrogens (tertiary/aromatic N) is 5. The molecule has 7 aliphatic heterocycles. The number of aliphatic imine (C=N–C) groups is 1. The molecule has 8 rings (SSSR count). The topological polar surface area (TPSA) is 403 Å². The van der Waals surface area contributed by atoms with Crippen LogP contribution in [-0.4, -0.2) is 258 Å². The first-order valence-corrected chi connectivity index (χ1v) is 42.5. The van der Waals surface area contributed by atoms with Crippen molar-refractivity contribution in [3.63, 3.8) is 0 Å². The fraction of sp³-hybridized carbons (Fsp3) is 0.776. The Bertz CT molecular complexity index is 3260. The minimum absolute atomic E-state index is 0.00627. The van der Waals surface area contributed by atoms with E-state index in [9.17, 15) is 57.5 Å². The van der Waals surface area contributed by atoms with Crippen LogP contribution in [0.5, 0.6) is 0 Å². The second kappa shape index (κ2) is 49.9. The molecule has 7 fully saturated rings. The van der Waals surface area contributed by atoms with Crippen molar-refractivity contribution in [3.8, 4) is 0 Å². The first-order valence-electron chi connectivity index (χ1n) is 41.9. The first kappa shape index (κ1) is 105. The van der Waals surface area contributed by atoms with Crippen molar-refractivity contribution in [2.45, 2.75) is 352 Å². The van der Waals surface area contributed by atoms with Crippen LogP contribution in [0.1, 0.15) is 265 Å². The smallest absolute Gasteiger partial charge is 0.325 e. The van der Waals surface area contributed by atoms with E-state index in [1.165, 1.54) is 4.90 Å². The Morgan fingerprint density at radius 3 is 1.11 bits per heavy atom. The lowest BCUT2D eigenvalue weighted by Gasteiger charge is -2.37. The zero-order valence-electron chi connectivity index (χ0n) is 74.3. The monoisotopic (exact) mass is 1660 g/mol. The molecular weight excluding hydrogens is 1510 g/mol. The lowest BCUT2D eigenvalue weighted by atomic mass is 9.97. The number of benzene rings is 1. The molecule has 0 spiro atoms. The van der Waals surface area contributed by atoms with E-state index in [2.05, 4.69) is 75.4 Å².